The number of hydrogen-bond donors (Lipinski definition) is 2. The van der Waals surface area contributed by atoms with Crippen LogP contribution >= 0.6 is 0 Å². The van der Waals surface area contributed by atoms with Crippen LogP contribution in [0.5, 0.6) is 0 Å². The standard InChI is InChI=1S/C14H26N2O/c1-3-14(9-6-10-15-14)13(17)16-11(2)12-7-4-5-8-12/h11-12,15H,3-10H2,1-2H3,(H,16,17)/t11-,14?/m0/s1. The molecule has 1 heterocycles. The third kappa shape index (κ3) is 2.65. The molecular weight excluding hydrogens is 212 g/mol. The number of nitrogens with one attached hydrogen (secondary N) is 2. The summed E-state index contributed by atoms with van der Waals surface area (Å²) in [6.45, 7) is 5.27. The normalized spacial score (nSPS) is 31.6. The van der Waals surface area contributed by atoms with Gasteiger partial charge in [-0.25, -0.2) is 0 Å². The SMILES string of the molecule is CCC1(C(=O)N[C@@H](C)C2CCCC2)CCCN1. The van der Waals surface area contributed by atoms with E-state index in [9.17, 15) is 4.79 Å². The van der Waals surface area contributed by atoms with Crippen molar-refractivity contribution in [2.24, 2.45) is 5.92 Å². The Morgan fingerprint density at radius 2 is 2.12 bits per heavy atom. The van der Waals surface area contributed by atoms with Gasteiger partial charge < -0.3 is 10.6 Å². The highest BCUT2D eigenvalue weighted by Gasteiger charge is 2.40. The van der Waals surface area contributed by atoms with E-state index in [1.165, 1.54) is 25.7 Å². The molecule has 2 aliphatic rings. The molecule has 0 radical (unpaired) electrons. The zero-order valence-corrected chi connectivity index (χ0v) is 11.2. The lowest BCUT2D eigenvalue weighted by molar-refractivity contribution is -0.128. The highest BCUT2D eigenvalue weighted by atomic mass is 16.2. The van der Waals surface area contributed by atoms with Gasteiger partial charge in [-0.3, -0.25) is 4.79 Å². The first-order valence-corrected chi connectivity index (χ1v) is 7.24. The summed E-state index contributed by atoms with van der Waals surface area (Å²) in [6, 6.07) is 0.343. The van der Waals surface area contributed by atoms with Crippen LogP contribution in [0.4, 0.5) is 0 Å². The fourth-order valence-electron chi connectivity index (χ4n) is 3.38. The van der Waals surface area contributed by atoms with Gasteiger partial charge in [0.25, 0.3) is 0 Å². The Kier molecular flexibility index (Phi) is 4.08. The molecule has 2 atom stereocenters. The van der Waals surface area contributed by atoms with Crippen LogP contribution in [0.3, 0.4) is 0 Å². The quantitative estimate of drug-likeness (QED) is 0.788. The van der Waals surface area contributed by atoms with E-state index >= 15 is 0 Å². The summed E-state index contributed by atoms with van der Waals surface area (Å²) in [7, 11) is 0. The molecule has 3 heteroatoms. The lowest BCUT2D eigenvalue weighted by Gasteiger charge is -2.30. The van der Waals surface area contributed by atoms with E-state index in [2.05, 4.69) is 24.5 Å². The van der Waals surface area contributed by atoms with Crippen molar-refractivity contribution < 1.29 is 4.79 Å². The van der Waals surface area contributed by atoms with Crippen LogP contribution in [0.2, 0.25) is 0 Å². The number of rotatable bonds is 4. The summed E-state index contributed by atoms with van der Waals surface area (Å²) < 4.78 is 0. The molecule has 98 valence electrons. The average molecular weight is 238 g/mol. The van der Waals surface area contributed by atoms with E-state index < -0.39 is 0 Å². The van der Waals surface area contributed by atoms with Gasteiger partial charge in [-0.05, 0) is 51.5 Å². The topological polar surface area (TPSA) is 41.1 Å². The Morgan fingerprint density at radius 3 is 2.65 bits per heavy atom. The molecule has 0 aromatic heterocycles. The molecule has 1 unspecified atom stereocenters. The summed E-state index contributed by atoms with van der Waals surface area (Å²) in [5.74, 6) is 0.936. The summed E-state index contributed by atoms with van der Waals surface area (Å²) in [5, 5.41) is 6.66. The molecule has 1 amide bonds. The van der Waals surface area contributed by atoms with Crippen LogP contribution in [-0.4, -0.2) is 24.0 Å². The van der Waals surface area contributed by atoms with Crippen molar-refractivity contribution in [2.75, 3.05) is 6.54 Å². The zero-order valence-electron chi connectivity index (χ0n) is 11.2. The van der Waals surface area contributed by atoms with Gasteiger partial charge in [0.1, 0.15) is 0 Å². The first-order valence-electron chi connectivity index (χ1n) is 7.24. The Morgan fingerprint density at radius 1 is 1.41 bits per heavy atom. The lowest BCUT2D eigenvalue weighted by Crippen LogP contribution is -2.55. The van der Waals surface area contributed by atoms with E-state index in [1.807, 2.05) is 0 Å². The maximum atomic E-state index is 12.4. The molecule has 2 rings (SSSR count). The highest BCUT2D eigenvalue weighted by molar-refractivity contribution is 5.86. The molecule has 0 spiro atoms. The first-order chi connectivity index (χ1) is 8.18. The van der Waals surface area contributed by atoms with E-state index in [1.54, 1.807) is 0 Å². The average Bonchev–Trinajstić information content (AvgIpc) is 3.01. The number of hydrogen-bond acceptors (Lipinski definition) is 2. The molecule has 1 saturated heterocycles. The van der Waals surface area contributed by atoms with Crippen LogP contribution in [0.25, 0.3) is 0 Å². The summed E-state index contributed by atoms with van der Waals surface area (Å²) in [6.07, 6.45) is 8.26. The fourth-order valence-corrected chi connectivity index (χ4v) is 3.38. The van der Waals surface area contributed by atoms with Crippen molar-refractivity contribution in [3.63, 3.8) is 0 Å². The van der Waals surface area contributed by atoms with Crippen LogP contribution in [-0.2, 0) is 4.79 Å². The Balaban J connectivity index is 1.90. The van der Waals surface area contributed by atoms with E-state index in [4.69, 9.17) is 0 Å². The predicted molar refractivity (Wildman–Crippen MR) is 69.8 cm³/mol. The van der Waals surface area contributed by atoms with Crippen molar-refractivity contribution in [3.8, 4) is 0 Å². The van der Waals surface area contributed by atoms with Gasteiger partial charge in [0.15, 0.2) is 0 Å². The number of carbonyl (C=O) groups is 1. The van der Waals surface area contributed by atoms with Crippen LogP contribution < -0.4 is 10.6 Å². The smallest absolute Gasteiger partial charge is 0.240 e. The van der Waals surface area contributed by atoms with Crippen molar-refractivity contribution in [3.05, 3.63) is 0 Å². The van der Waals surface area contributed by atoms with Crippen LogP contribution in [0.15, 0.2) is 0 Å². The van der Waals surface area contributed by atoms with E-state index in [-0.39, 0.29) is 11.4 Å². The first kappa shape index (κ1) is 12.9. The largest absolute Gasteiger partial charge is 0.352 e. The Labute approximate surface area is 105 Å². The molecule has 1 aliphatic carbocycles. The van der Waals surface area contributed by atoms with Crippen LogP contribution in [0.1, 0.15) is 58.8 Å². The molecule has 0 aromatic rings. The lowest BCUT2D eigenvalue weighted by atomic mass is 9.91. The molecule has 0 bridgehead atoms. The van der Waals surface area contributed by atoms with Gasteiger partial charge in [-0.2, -0.15) is 0 Å². The molecule has 0 aromatic carbocycles. The maximum Gasteiger partial charge on any atom is 0.240 e. The molecule has 1 aliphatic heterocycles. The van der Waals surface area contributed by atoms with Crippen molar-refractivity contribution in [1.82, 2.24) is 10.6 Å². The minimum Gasteiger partial charge on any atom is -0.352 e. The van der Waals surface area contributed by atoms with Crippen molar-refractivity contribution in [1.29, 1.82) is 0 Å². The van der Waals surface area contributed by atoms with Gasteiger partial charge in [-0.15, -0.1) is 0 Å². The second-order valence-electron chi connectivity index (χ2n) is 5.77. The Hall–Kier alpha value is -0.570. The predicted octanol–water partition coefficient (Wildman–Crippen LogP) is 2.21. The second-order valence-corrected chi connectivity index (χ2v) is 5.77. The number of amides is 1. The third-order valence-corrected chi connectivity index (χ3v) is 4.75. The molecule has 2 fully saturated rings. The molecule has 2 N–H and O–H groups in total. The third-order valence-electron chi connectivity index (χ3n) is 4.75. The Bertz CT molecular complexity index is 265. The van der Waals surface area contributed by atoms with E-state index in [0.29, 0.717) is 12.0 Å². The summed E-state index contributed by atoms with van der Waals surface area (Å²) in [4.78, 5) is 12.4. The molecule has 1 saturated carbocycles. The number of carbonyl (C=O) groups excluding carboxylic acids is 1. The van der Waals surface area contributed by atoms with Crippen molar-refractivity contribution in [2.45, 2.75) is 70.4 Å². The summed E-state index contributed by atoms with van der Waals surface area (Å²) in [5.41, 5.74) is -0.271. The van der Waals surface area contributed by atoms with E-state index in [0.717, 1.165) is 25.8 Å². The molecule has 3 nitrogen and oxygen atoms in total. The minimum atomic E-state index is -0.271. The highest BCUT2D eigenvalue weighted by Crippen LogP contribution is 2.29. The van der Waals surface area contributed by atoms with Gasteiger partial charge in [0.05, 0.1) is 5.54 Å². The van der Waals surface area contributed by atoms with Gasteiger partial charge >= 0.3 is 0 Å². The van der Waals surface area contributed by atoms with Crippen LogP contribution in [0, 0.1) is 5.92 Å². The second kappa shape index (κ2) is 5.38. The monoisotopic (exact) mass is 238 g/mol. The van der Waals surface area contributed by atoms with Gasteiger partial charge in [0, 0.05) is 6.04 Å². The van der Waals surface area contributed by atoms with Crippen molar-refractivity contribution >= 4 is 5.91 Å². The summed E-state index contributed by atoms with van der Waals surface area (Å²) >= 11 is 0. The minimum absolute atomic E-state index is 0.233. The van der Waals surface area contributed by atoms with Gasteiger partial charge in [0.2, 0.25) is 5.91 Å². The zero-order chi connectivity index (χ0) is 12.3. The molecule has 17 heavy (non-hydrogen) atoms. The fraction of sp³-hybridized carbons (Fsp3) is 0.929. The molecular formula is C14H26N2O. The van der Waals surface area contributed by atoms with Gasteiger partial charge in [-0.1, -0.05) is 19.8 Å². The maximum absolute atomic E-state index is 12.4.